The van der Waals surface area contributed by atoms with E-state index in [0.29, 0.717) is 31.6 Å². The van der Waals surface area contributed by atoms with Crippen LogP contribution in [-0.4, -0.2) is 70.2 Å². The molecule has 224 valence electrons. The molecule has 5 amide bonds. The molecule has 6 rings (SSSR count). The first kappa shape index (κ1) is 28.2. The Kier molecular flexibility index (Phi) is 7.18. The second-order valence-electron chi connectivity index (χ2n) is 12.5. The van der Waals surface area contributed by atoms with Crippen LogP contribution in [0.1, 0.15) is 66.6 Å². The molecular formula is C30H38FN7O4. The summed E-state index contributed by atoms with van der Waals surface area (Å²) in [5.74, 6) is -2.09. The summed E-state index contributed by atoms with van der Waals surface area (Å²) in [6.45, 7) is 1.19. The van der Waals surface area contributed by atoms with Crippen molar-refractivity contribution < 1.29 is 23.6 Å². The molecule has 1 aromatic carbocycles. The van der Waals surface area contributed by atoms with Crippen molar-refractivity contribution in [3.05, 3.63) is 47.0 Å². The summed E-state index contributed by atoms with van der Waals surface area (Å²) in [4.78, 5) is 54.8. The van der Waals surface area contributed by atoms with Crippen LogP contribution in [0.5, 0.6) is 0 Å². The van der Waals surface area contributed by atoms with Crippen LogP contribution in [0.15, 0.2) is 24.4 Å². The molecule has 2 atom stereocenters. The zero-order valence-electron chi connectivity index (χ0n) is 24.1. The van der Waals surface area contributed by atoms with Gasteiger partial charge in [-0.15, -0.1) is 0 Å². The molecule has 2 saturated carbocycles. The number of carbonyl (C=O) groups is 4. The third-order valence-electron chi connectivity index (χ3n) is 9.72. The number of benzene rings is 1. The molecular weight excluding hydrogens is 541 g/mol. The molecule has 1 spiro atoms. The molecule has 0 radical (unpaired) electrons. The van der Waals surface area contributed by atoms with Crippen molar-refractivity contribution in [3.63, 3.8) is 0 Å². The summed E-state index contributed by atoms with van der Waals surface area (Å²) < 4.78 is 15.4. The molecule has 3 aliphatic carbocycles. The molecule has 12 heteroatoms. The Balaban J connectivity index is 1.22. The third kappa shape index (κ3) is 5.00. The maximum absolute atomic E-state index is 14.3. The number of aryl methyl sites for hydroxylation is 1. The van der Waals surface area contributed by atoms with Crippen LogP contribution in [0.25, 0.3) is 0 Å². The fraction of sp³-hybridized carbons (Fsp3) is 0.567. The number of fused-ring (bicyclic) bond motifs is 1. The van der Waals surface area contributed by atoms with E-state index in [4.69, 9.17) is 0 Å². The van der Waals surface area contributed by atoms with Crippen LogP contribution < -0.4 is 21.3 Å². The van der Waals surface area contributed by atoms with Gasteiger partial charge in [0.05, 0.1) is 6.20 Å². The van der Waals surface area contributed by atoms with Gasteiger partial charge in [-0.25, -0.2) is 9.18 Å². The van der Waals surface area contributed by atoms with Crippen molar-refractivity contribution in [2.24, 2.45) is 18.4 Å². The summed E-state index contributed by atoms with van der Waals surface area (Å²) >= 11 is 0. The van der Waals surface area contributed by atoms with Gasteiger partial charge in [0.2, 0.25) is 11.8 Å². The van der Waals surface area contributed by atoms with Crippen molar-refractivity contribution in [1.82, 2.24) is 30.6 Å². The number of aromatic nitrogens is 2. The van der Waals surface area contributed by atoms with Gasteiger partial charge in [0.1, 0.15) is 11.6 Å². The van der Waals surface area contributed by atoms with Crippen molar-refractivity contribution in [3.8, 4) is 0 Å². The molecule has 3 fully saturated rings. The highest BCUT2D eigenvalue weighted by Gasteiger charge is 2.57. The number of hydrogen-bond donors (Lipinski definition) is 4. The van der Waals surface area contributed by atoms with Gasteiger partial charge in [-0.3, -0.25) is 19.1 Å². The van der Waals surface area contributed by atoms with E-state index >= 15 is 0 Å². The van der Waals surface area contributed by atoms with Gasteiger partial charge in [-0.05, 0) is 54.9 Å². The zero-order chi connectivity index (χ0) is 29.6. The first-order chi connectivity index (χ1) is 20.1. The SMILES string of the molecule is CNC(=O)C1(N2CC3(CC3)CNC2=O)Cc2ccc(NC(=O)[C@@H](NC(=O)c3c(F)cnn3C)C3CCCCC3)cc2C1. The second-order valence-corrected chi connectivity index (χ2v) is 12.5. The minimum absolute atomic E-state index is 0.0415. The maximum atomic E-state index is 14.3. The number of amides is 5. The number of nitrogens with one attached hydrogen (secondary N) is 4. The van der Waals surface area contributed by atoms with Crippen LogP contribution >= 0.6 is 0 Å². The van der Waals surface area contributed by atoms with E-state index in [0.717, 1.165) is 67.0 Å². The van der Waals surface area contributed by atoms with E-state index in [-0.39, 0.29) is 34.9 Å². The monoisotopic (exact) mass is 579 g/mol. The van der Waals surface area contributed by atoms with Gasteiger partial charge in [0.15, 0.2) is 11.5 Å². The fourth-order valence-corrected chi connectivity index (χ4v) is 7.08. The number of nitrogens with zero attached hydrogens (tertiary/aromatic N) is 3. The van der Waals surface area contributed by atoms with Crippen LogP contribution in [0.3, 0.4) is 0 Å². The van der Waals surface area contributed by atoms with Crippen LogP contribution in [0.2, 0.25) is 0 Å². The van der Waals surface area contributed by atoms with E-state index < -0.39 is 23.3 Å². The quantitative estimate of drug-likeness (QED) is 0.399. The molecule has 42 heavy (non-hydrogen) atoms. The largest absolute Gasteiger partial charge is 0.357 e. The molecule has 4 N–H and O–H groups in total. The summed E-state index contributed by atoms with van der Waals surface area (Å²) in [5.41, 5.74) is 1.14. The van der Waals surface area contributed by atoms with Crippen LogP contribution in [0.4, 0.5) is 14.9 Å². The van der Waals surface area contributed by atoms with E-state index in [9.17, 15) is 23.6 Å². The number of halogens is 1. The topological polar surface area (TPSA) is 137 Å². The Morgan fingerprint density at radius 1 is 1.12 bits per heavy atom. The second kappa shape index (κ2) is 10.7. The summed E-state index contributed by atoms with van der Waals surface area (Å²) in [5, 5.41) is 15.3. The van der Waals surface area contributed by atoms with E-state index in [1.54, 1.807) is 18.0 Å². The summed E-state index contributed by atoms with van der Waals surface area (Å²) in [6, 6.07) is 4.46. The average Bonchev–Trinajstić information content (AvgIpc) is 3.49. The van der Waals surface area contributed by atoms with Gasteiger partial charge in [0.25, 0.3) is 5.91 Å². The Morgan fingerprint density at radius 3 is 2.52 bits per heavy atom. The van der Waals surface area contributed by atoms with Crippen LogP contribution in [0, 0.1) is 17.2 Å². The predicted molar refractivity (Wildman–Crippen MR) is 152 cm³/mol. The molecule has 1 saturated heterocycles. The van der Waals surface area contributed by atoms with Gasteiger partial charge in [-0.2, -0.15) is 5.10 Å². The number of carbonyl (C=O) groups excluding carboxylic acids is 4. The number of urea groups is 1. The Labute approximate surface area is 244 Å². The summed E-state index contributed by atoms with van der Waals surface area (Å²) in [7, 11) is 3.07. The average molecular weight is 580 g/mol. The highest BCUT2D eigenvalue weighted by atomic mass is 19.1. The highest BCUT2D eigenvalue weighted by Crippen LogP contribution is 2.49. The Bertz CT molecular complexity index is 1410. The minimum atomic E-state index is -1.05. The van der Waals surface area contributed by atoms with Crippen molar-refractivity contribution >= 4 is 29.4 Å². The lowest BCUT2D eigenvalue weighted by atomic mass is 9.83. The van der Waals surface area contributed by atoms with E-state index in [1.807, 2.05) is 12.1 Å². The molecule has 0 bridgehead atoms. The minimum Gasteiger partial charge on any atom is -0.357 e. The highest BCUT2D eigenvalue weighted by molar-refractivity contribution is 6.01. The molecule has 11 nitrogen and oxygen atoms in total. The normalized spacial score (nSPS) is 23.6. The molecule has 1 aliphatic heterocycles. The van der Waals surface area contributed by atoms with Crippen LogP contribution in [-0.2, 0) is 29.5 Å². The lowest BCUT2D eigenvalue weighted by molar-refractivity contribution is -0.131. The van der Waals surface area contributed by atoms with Gasteiger partial charge < -0.3 is 26.2 Å². The van der Waals surface area contributed by atoms with Gasteiger partial charge >= 0.3 is 6.03 Å². The number of rotatable bonds is 7. The van der Waals surface area contributed by atoms with Crippen molar-refractivity contribution in [2.45, 2.75) is 69.4 Å². The lowest BCUT2D eigenvalue weighted by Gasteiger charge is -2.44. The molecule has 2 heterocycles. The predicted octanol–water partition coefficient (Wildman–Crippen LogP) is 2.27. The maximum Gasteiger partial charge on any atom is 0.318 e. The van der Waals surface area contributed by atoms with Crippen molar-refractivity contribution in [2.75, 3.05) is 25.5 Å². The van der Waals surface area contributed by atoms with E-state index in [1.165, 1.54) is 7.05 Å². The number of anilines is 1. The summed E-state index contributed by atoms with van der Waals surface area (Å²) in [6.07, 6.45) is 8.30. The van der Waals surface area contributed by atoms with Gasteiger partial charge in [0, 0.05) is 51.1 Å². The molecule has 1 aromatic heterocycles. The third-order valence-corrected chi connectivity index (χ3v) is 9.72. The number of hydrogen-bond acceptors (Lipinski definition) is 5. The standard InChI is InChI=1S/C30H38FN7O4/c1-32-27(41)30(38-17-29(10-11-29)16-33-28(38)42)13-19-8-9-21(12-20(19)14-30)35-25(39)23(18-6-4-3-5-7-18)36-26(40)24-22(31)15-34-37(24)2/h8-9,12,15,18,23H,3-7,10-11,13-14,16-17H2,1-2H3,(H,32,41)(H,33,42)(H,35,39)(H,36,40)/t23-,30?/m0/s1. The molecule has 4 aliphatic rings. The Hall–Kier alpha value is -3.96. The number of likely N-dealkylation sites (N-methyl/N-ethyl adjacent to an activating group) is 1. The van der Waals surface area contributed by atoms with E-state index in [2.05, 4.69) is 26.4 Å². The smallest absolute Gasteiger partial charge is 0.318 e. The zero-order valence-corrected chi connectivity index (χ0v) is 24.1. The van der Waals surface area contributed by atoms with Crippen molar-refractivity contribution in [1.29, 1.82) is 0 Å². The fourth-order valence-electron chi connectivity index (χ4n) is 7.08. The Morgan fingerprint density at radius 2 is 1.86 bits per heavy atom. The molecule has 2 aromatic rings. The lowest BCUT2D eigenvalue weighted by Crippen LogP contribution is -2.67. The van der Waals surface area contributed by atoms with Gasteiger partial charge in [-0.1, -0.05) is 25.3 Å². The first-order valence-corrected chi connectivity index (χ1v) is 14.8. The first-order valence-electron chi connectivity index (χ1n) is 14.8. The molecule has 1 unspecified atom stereocenters.